The summed E-state index contributed by atoms with van der Waals surface area (Å²) in [4.78, 5) is 14.2. The van der Waals surface area contributed by atoms with Gasteiger partial charge in [-0.05, 0) is 37.0 Å². The molecule has 2 atom stereocenters. The molecule has 3 nitrogen and oxygen atoms in total. The van der Waals surface area contributed by atoms with E-state index in [1.54, 1.807) is 4.90 Å². The third kappa shape index (κ3) is 3.62. The molecular formula is C19H19F2NO2. The zero-order valence-electron chi connectivity index (χ0n) is 13.2. The molecule has 24 heavy (non-hydrogen) atoms. The van der Waals surface area contributed by atoms with Gasteiger partial charge in [-0.1, -0.05) is 30.3 Å². The van der Waals surface area contributed by atoms with Crippen LogP contribution in [0.2, 0.25) is 0 Å². The third-order valence-corrected chi connectivity index (χ3v) is 4.43. The molecule has 1 aliphatic heterocycles. The van der Waals surface area contributed by atoms with Crippen LogP contribution in [0.25, 0.3) is 0 Å². The number of aliphatic hydroxyl groups is 1. The van der Waals surface area contributed by atoms with E-state index in [-0.39, 0.29) is 11.6 Å². The number of halogens is 2. The smallest absolute Gasteiger partial charge is 0.254 e. The average molecular weight is 331 g/mol. The van der Waals surface area contributed by atoms with Crippen LogP contribution in [0.3, 0.4) is 0 Å². The van der Waals surface area contributed by atoms with E-state index in [4.69, 9.17) is 0 Å². The van der Waals surface area contributed by atoms with Crippen LogP contribution in [0.15, 0.2) is 48.5 Å². The van der Waals surface area contributed by atoms with Crippen LogP contribution in [0, 0.1) is 11.6 Å². The summed E-state index contributed by atoms with van der Waals surface area (Å²) >= 11 is 0. The first-order chi connectivity index (χ1) is 11.5. The van der Waals surface area contributed by atoms with E-state index >= 15 is 0 Å². The Morgan fingerprint density at radius 3 is 2.50 bits per heavy atom. The van der Waals surface area contributed by atoms with Gasteiger partial charge >= 0.3 is 0 Å². The molecule has 0 radical (unpaired) electrons. The Bertz CT molecular complexity index is 700. The second kappa shape index (κ2) is 7.09. The molecule has 0 aromatic heterocycles. The van der Waals surface area contributed by atoms with E-state index in [0.29, 0.717) is 13.0 Å². The maximum atomic E-state index is 13.4. The molecule has 1 saturated heterocycles. The number of nitrogens with zero attached hydrogens (tertiary/aromatic N) is 1. The molecule has 3 rings (SSSR count). The van der Waals surface area contributed by atoms with Crippen LogP contribution in [0.5, 0.6) is 0 Å². The minimum Gasteiger partial charge on any atom is -0.388 e. The molecule has 0 aliphatic carbocycles. The van der Waals surface area contributed by atoms with Crippen LogP contribution < -0.4 is 0 Å². The summed E-state index contributed by atoms with van der Waals surface area (Å²) in [7, 11) is 0. The van der Waals surface area contributed by atoms with Gasteiger partial charge in [0.2, 0.25) is 0 Å². The number of hydrogen-bond acceptors (Lipinski definition) is 2. The van der Waals surface area contributed by atoms with Gasteiger partial charge in [-0.2, -0.15) is 0 Å². The normalized spacial score (nSPS) is 18.6. The van der Waals surface area contributed by atoms with Crippen LogP contribution in [-0.2, 0) is 0 Å². The molecule has 1 amide bonds. The molecule has 1 heterocycles. The molecule has 2 aromatic carbocycles. The Morgan fingerprint density at radius 1 is 1.17 bits per heavy atom. The maximum Gasteiger partial charge on any atom is 0.254 e. The largest absolute Gasteiger partial charge is 0.388 e. The fraction of sp³-hybridized carbons (Fsp3) is 0.316. The van der Waals surface area contributed by atoms with Gasteiger partial charge < -0.3 is 10.0 Å². The molecule has 1 fully saturated rings. The zero-order chi connectivity index (χ0) is 17.1. The summed E-state index contributed by atoms with van der Waals surface area (Å²) in [6.07, 6.45) is 1.32. The number of aliphatic hydroxyl groups excluding tert-OH is 1. The van der Waals surface area contributed by atoms with Crippen LogP contribution in [0.1, 0.15) is 41.3 Å². The second-order valence-corrected chi connectivity index (χ2v) is 6.11. The minimum absolute atomic E-state index is 0.00796. The first kappa shape index (κ1) is 16.6. The molecule has 126 valence electrons. The van der Waals surface area contributed by atoms with Gasteiger partial charge in [0.25, 0.3) is 5.91 Å². The first-order valence-electron chi connectivity index (χ1n) is 8.04. The van der Waals surface area contributed by atoms with E-state index in [9.17, 15) is 18.7 Å². The van der Waals surface area contributed by atoms with Crippen LogP contribution in [-0.4, -0.2) is 28.5 Å². The molecule has 0 saturated carbocycles. The van der Waals surface area contributed by atoms with Gasteiger partial charge in [-0.15, -0.1) is 0 Å². The van der Waals surface area contributed by atoms with Crippen LogP contribution in [0.4, 0.5) is 8.78 Å². The summed E-state index contributed by atoms with van der Waals surface area (Å²) in [5, 5.41) is 10.4. The van der Waals surface area contributed by atoms with Crippen molar-refractivity contribution in [3.05, 3.63) is 71.3 Å². The van der Waals surface area contributed by atoms with Crippen molar-refractivity contribution in [2.75, 3.05) is 6.54 Å². The number of rotatable bonds is 4. The Balaban J connectivity index is 1.74. The lowest BCUT2D eigenvalue weighted by Gasteiger charge is -2.27. The quantitative estimate of drug-likeness (QED) is 0.928. The molecular weight excluding hydrogens is 312 g/mol. The van der Waals surface area contributed by atoms with Crippen molar-refractivity contribution in [2.24, 2.45) is 0 Å². The van der Waals surface area contributed by atoms with Crippen LogP contribution >= 0.6 is 0 Å². The highest BCUT2D eigenvalue weighted by Gasteiger charge is 2.31. The van der Waals surface area contributed by atoms with Gasteiger partial charge in [0.1, 0.15) is 11.6 Å². The number of carbonyl (C=O) groups excluding carboxylic acids is 1. The maximum absolute atomic E-state index is 13.4. The van der Waals surface area contributed by atoms with Crippen molar-refractivity contribution in [1.82, 2.24) is 4.90 Å². The topological polar surface area (TPSA) is 40.5 Å². The summed E-state index contributed by atoms with van der Waals surface area (Å²) < 4.78 is 26.7. The Kier molecular flexibility index (Phi) is 4.90. The van der Waals surface area contributed by atoms with E-state index in [1.165, 1.54) is 0 Å². The van der Waals surface area contributed by atoms with E-state index in [1.807, 2.05) is 30.3 Å². The van der Waals surface area contributed by atoms with Crippen molar-refractivity contribution in [3.63, 3.8) is 0 Å². The predicted octanol–water partition coefficient (Wildman–Crippen LogP) is 3.69. The van der Waals surface area contributed by atoms with Crippen molar-refractivity contribution in [2.45, 2.75) is 31.4 Å². The number of likely N-dealkylation sites (tertiary alicyclic amines) is 1. The number of benzene rings is 2. The second-order valence-electron chi connectivity index (χ2n) is 6.11. The van der Waals surface area contributed by atoms with E-state index in [0.717, 1.165) is 36.6 Å². The molecule has 0 bridgehead atoms. The lowest BCUT2D eigenvalue weighted by Crippen LogP contribution is -2.36. The van der Waals surface area contributed by atoms with Crippen molar-refractivity contribution < 1.29 is 18.7 Å². The van der Waals surface area contributed by atoms with Gasteiger partial charge in [0.05, 0.1) is 6.10 Å². The standard InChI is InChI=1S/C19H19F2NO2/c20-15-9-14(10-16(21)11-15)19(24)22-8-4-7-17(22)12-18(23)13-5-2-1-3-6-13/h1-3,5-6,9-11,17-18,23H,4,7-8,12H2. The van der Waals surface area contributed by atoms with Gasteiger partial charge in [-0.25, -0.2) is 8.78 Å². The monoisotopic (exact) mass is 331 g/mol. The Morgan fingerprint density at radius 2 is 1.83 bits per heavy atom. The van der Waals surface area contributed by atoms with Crippen molar-refractivity contribution in [3.8, 4) is 0 Å². The van der Waals surface area contributed by atoms with Gasteiger partial charge in [0, 0.05) is 24.2 Å². The number of hydrogen-bond donors (Lipinski definition) is 1. The Labute approximate surface area is 139 Å². The molecule has 0 spiro atoms. The first-order valence-corrected chi connectivity index (χ1v) is 8.04. The average Bonchev–Trinajstić information content (AvgIpc) is 3.02. The highest BCUT2D eigenvalue weighted by atomic mass is 19.1. The fourth-order valence-electron chi connectivity index (χ4n) is 3.26. The summed E-state index contributed by atoms with van der Waals surface area (Å²) in [6.45, 7) is 0.531. The molecule has 1 aliphatic rings. The number of amides is 1. The van der Waals surface area contributed by atoms with E-state index in [2.05, 4.69) is 0 Å². The zero-order valence-corrected chi connectivity index (χ0v) is 13.2. The summed E-state index contributed by atoms with van der Waals surface area (Å²) in [5.74, 6) is -1.92. The predicted molar refractivity (Wildman–Crippen MR) is 86.4 cm³/mol. The molecule has 5 heteroatoms. The van der Waals surface area contributed by atoms with Crippen molar-refractivity contribution in [1.29, 1.82) is 0 Å². The van der Waals surface area contributed by atoms with Gasteiger partial charge in [-0.3, -0.25) is 4.79 Å². The third-order valence-electron chi connectivity index (χ3n) is 4.43. The summed E-state index contributed by atoms with van der Waals surface area (Å²) in [6, 6.07) is 12.0. The fourth-order valence-corrected chi connectivity index (χ4v) is 3.26. The molecule has 2 aromatic rings. The lowest BCUT2D eigenvalue weighted by atomic mass is 10.00. The highest BCUT2D eigenvalue weighted by molar-refractivity contribution is 5.94. The van der Waals surface area contributed by atoms with E-state index < -0.39 is 23.6 Å². The summed E-state index contributed by atoms with van der Waals surface area (Å²) in [5.41, 5.74) is 0.808. The van der Waals surface area contributed by atoms with Gasteiger partial charge in [0.15, 0.2) is 0 Å². The number of carbonyl (C=O) groups is 1. The highest BCUT2D eigenvalue weighted by Crippen LogP contribution is 2.28. The minimum atomic E-state index is -0.765. The Hall–Kier alpha value is -2.27. The molecule has 2 unspecified atom stereocenters. The lowest BCUT2D eigenvalue weighted by molar-refractivity contribution is 0.0666. The SMILES string of the molecule is O=C(c1cc(F)cc(F)c1)N1CCCC1CC(O)c1ccccc1. The molecule has 1 N–H and O–H groups in total. The van der Waals surface area contributed by atoms with Crippen molar-refractivity contribution >= 4 is 5.91 Å².